The van der Waals surface area contributed by atoms with Crippen LogP contribution in [0.4, 0.5) is 19.0 Å². The molecule has 2 heterocycles. The number of benzene rings is 2. The second kappa shape index (κ2) is 8.99. The van der Waals surface area contributed by atoms with Gasteiger partial charge in [-0.3, -0.25) is 0 Å². The van der Waals surface area contributed by atoms with Gasteiger partial charge < -0.3 is 4.90 Å². The molecule has 180 valence electrons. The summed E-state index contributed by atoms with van der Waals surface area (Å²) in [5, 5.41) is 8.71. The van der Waals surface area contributed by atoms with Crippen molar-refractivity contribution in [2.24, 2.45) is 0 Å². The van der Waals surface area contributed by atoms with Crippen molar-refractivity contribution in [3.05, 3.63) is 70.8 Å². The molecule has 0 amide bonds. The van der Waals surface area contributed by atoms with E-state index in [2.05, 4.69) is 29.3 Å². The molecule has 0 atom stereocenters. The summed E-state index contributed by atoms with van der Waals surface area (Å²) in [7, 11) is -4.03. The van der Waals surface area contributed by atoms with E-state index < -0.39 is 21.8 Å². The number of anilines is 1. The molecule has 1 saturated heterocycles. The fourth-order valence-corrected chi connectivity index (χ4v) is 5.48. The van der Waals surface area contributed by atoms with Gasteiger partial charge in [-0.25, -0.2) is 8.42 Å². The number of rotatable bonds is 4. The lowest BCUT2D eigenvalue weighted by molar-refractivity contribution is -0.137. The molecular weight excluding hydrogens is 465 g/mol. The molecule has 0 radical (unpaired) electrons. The quantitative estimate of drug-likeness (QED) is 0.535. The molecule has 4 rings (SSSR count). The maximum absolute atomic E-state index is 13.0. The van der Waals surface area contributed by atoms with Crippen molar-refractivity contribution in [2.75, 3.05) is 31.1 Å². The van der Waals surface area contributed by atoms with Gasteiger partial charge in [-0.2, -0.15) is 17.5 Å². The Balaban J connectivity index is 1.46. The molecule has 0 saturated carbocycles. The van der Waals surface area contributed by atoms with Crippen molar-refractivity contribution >= 4 is 15.8 Å². The highest BCUT2D eigenvalue weighted by molar-refractivity contribution is 7.89. The first-order valence-corrected chi connectivity index (χ1v) is 12.2. The van der Waals surface area contributed by atoms with Crippen LogP contribution >= 0.6 is 0 Å². The number of aryl methyl sites for hydroxylation is 3. The van der Waals surface area contributed by atoms with Crippen LogP contribution in [0, 0.1) is 20.8 Å². The summed E-state index contributed by atoms with van der Waals surface area (Å²) in [6.07, 6.45) is -4.61. The number of halogens is 3. The van der Waals surface area contributed by atoms with E-state index in [1.807, 2.05) is 30.9 Å². The summed E-state index contributed by atoms with van der Waals surface area (Å²) in [6, 6.07) is 11.8. The summed E-state index contributed by atoms with van der Waals surface area (Å²) in [4.78, 5) is 1.56. The third-order valence-electron chi connectivity index (χ3n) is 6.13. The number of hydrogen-bond acceptors (Lipinski definition) is 5. The minimum Gasteiger partial charge on any atom is -0.352 e. The SMILES string of the molecule is Cc1cc(C)c(-c2ccc(N3CCN(S(=O)(=O)c4cccc(C(F)(F)F)c4)CC3)nn2)cc1C. The van der Waals surface area contributed by atoms with Crippen LogP contribution in [0.5, 0.6) is 0 Å². The number of hydrogen-bond donors (Lipinski definition) is 0. The second-order valence-corrected chi connectivity index (χ2v) is 10.4. The van der Waals surface area contributed by atoms with Crippen LogP contribution in [0.2, 0.25) is 0 Å². The average molecular weight is 491 g/mol. The van der Waals surface area contributed by atoms with Gasteiger partial charge in [-0.15, -0.1) is 10.2 Å². The summed E-state index contributed by atoms with van der Waals surface area (Å²) in [5.74, 6) is 0.626. The van der Waals surface area contributed by atoms with E-state index in [1.165, 1.54) is 21.5 Å². The highest BCUT2D eigenvalue weighted by Crippen LogP contribution is 2.31. The summed E-state index contributed by atoms with van der Waals surface area (Å²) < 4.78 is 66.0. The Labute approximate surface area is 197 Å². The Hall–Kier alpha value is -2.98. The van der Waals surface area contributed by atoms with Gasteiger partial charge in [-0.05, 0) is 73.9 Å². The first-order chi connectivity index (χ1) is 16.0. The first-order valence-electron chi connectivity index (χ1n) is 10.8. The molecule has 34 heavy (non-hydrogen) atoms. The smallest absolute Gasteiger partial charge is 0.352 e. The van der Waals surface area contributed by atoms with Gasteiger partial charge in [0.1, 0.15) is 0 Å². The van der Waals surface area contributed by atoms with Crippen LogP contribution < -0.4 is 4.90 Å². The second-order valence-electron chi connectivity index (χ2n) is 8.44. The molecule has 0 bridgehead atoms. The minimum absolute atomic E-state index is 0.137. The van der Waals surface area contributed by atoms with Gasteiger partial charge in [0.15, 0.2) is 5.82 Å². The van der Waals surface area contributed by atoms with E-state index in [1.54, 1.807) is 0 Å². The maximum Gasteiger partial charge on any atom is 0.416 e. The topological polar surface area (TPSA) is 66.4 Å². The Kier molecular flexibility index (Phi) is 6.39. The molecule has 10 heteroatoms. The van der Waals surface area contributed by atoms with Gasteiger partial charge in [-0.1, -0.05) is 12.1 Å². The van der Waals surface area contributed by atoms with Crippen molar-refractivity contribution in [1.29, 1.82) is 0 Å². The molecule has 0 spiro atoms. The molecule has 6 nitrogen and oxygen atoms in total. The normalized spacial score (nSPS) is 15.5. The molecule has 0 unspecified atom stereocenters. The first kappa shape index (κ1) is 24.2. The lowest BCUT2D eigenvalue weighted by Crippen LogP contribution is -2.49. The van der Waals surface area contributed by atoms with E-state index in [-0.39, 0.29) is 18.0 Å². The number of nitrogens with zero attached hydrogens (tertiary/aromatic N) is 4. The fourth-order valence-electron chi connectivity index (χ4n) is 4.01. The number of sulfonamides is 1. The summed E-state index contributed by atoms with van der Waals surface area (Å²) in [6.45, 7) is 7.13. The van der Waals surface area contributed by atoms with Crippen LogP contribution in [-0.4, -0.2) is 49.1 Å². The monoisotopic (exact) mass is 490 g/mol. The Morgan fingerprint density at radius 2 is 1.50 bits per heavy atom. The van der Waals surface area contributed by atoms with Gasteiger partial charge >= 0.3 is 6.18 Å². The van der Waals surface area contributed by atoms with Gasteiger partial charge in [0, 0.05) is 31.7 Å². The van der Waals surface area contributed by atoms with Gasteiger partial charge in [0.25, 0.3) is 0 Å². The van der Waals surface area contributed by atoms with Crippen LogP contribution in [0.15, 0.2) is 53.4 Å². The van der Waals surface area contributed by atoms with Crippen LogP contribution in [-0.2, 0) is 16.2 Å². The van der Waals surface area contributed by atoms with E-state index >= 15 is 0 Å². The number of alkyl halides is 3. The highest BCUT2D eigenvalue weighted by Gasteiger charge is 2.34. The van der Waals surface area contributed by atoms with Crippen molar-refractivity contribution in [1.82, 2.24) is 14.5 Å². The van der Waals surface area contributed by atoms with Crippen molar-refractivity contribution < 1.29 is 21.6 Å². The number of aromatic nitrogens is 2. The summed E-state index contributed by atoms with van der Waals surface area (Å²) >= 11 is 0. The molecule has 0 N–H and O–H groups in total. The third kappa shape index (κ3) is 4.78. The molecule has 2 aromatic carbocycles. The highest BCUT2D eigenvalue weighted by atomic mass is 32.2. The molecule has 1 aromatic heterocycles. The minimum atomic E-state index is -4.61. The van der Waals surface area contributed by atoms with Crippen molar-refractivity contribution in [2.45, 2.75) is 31.8 Å². The fraction of sp³-hybridized carbons (Fsp3) is 0.333. The molecule has 0 aliphatic carbocycles. The molecule has 3 aromatic rings. The summed E-state index contributed by atoms with van der Waals surface area (Å²) in [5.41, 5.74) is 4.28. The molecule has 1 fully saturated rings. The molecular formula is C24H25F3N4O2S. The van der Waals surface area contributed by atoms with Gasteiger partial charge in [0.2, 0.25) is 10.0 Å². The van der Waals surface area contributed by atoms with Crippen LogP contribution in [0.1, 0.15) is 22.3 Å². The van der Waals surface area contributed by atoms with E-state index in [0.29, 0.717) is 25.0 Å². The van der Waals surface area contributed by atoms with Crippen molar-refractivity contribution in [3.63, 3.8) is 0 Å². The van der Waals surface area contributed by atoms with Crippen LogP contribution in [0.3, 0.4) is 0 Å². The lowest BCUT2D eigenvalue weighted by atomic mass is 9.99. The van der Waals surface area contributed by atoms with Crippen molar-refractivity contribution in [3.8, 4) is 11.3 Å². The van der Waals surface area contributed by atoms with Gasteiger partial charge in [0.05, 0.1) is 16.2 Å². The predicted octanol–water partition coefficient (Wildman–Crippen LogP) is 4.60. The maximum atomic E-state index is 13.0. The standard InChI is InChI=1S/C24H25F3N4O2S/c1-16-13-18(3)21(14-17(16)2)22-7-8-23(29-28-22)30-9-11-31(12-10-30)34(32,33)20-6-4-5-19(15-20)24(25,26)27/h4-8,13-15H,9-12H2,1-3H3. The average Bonchev–Trinajstić information content (AvgIpc) is 2.81. The Bertz CT molecular complexity index is 1300. The zero-order valence-electron chi connectivity index (χ0n) is 19.1. The Morgan fingerprint density at radius 3 is 2.12 bits per heavy atom. The molecule has 1 aliphatic rings. The largest absolute Gasteiger partial charge is 0.416 e. The van der Waals surface area contributed by atoms with Crippen LogP contribution in [0.25, 0.3) is 11.3 Å². The molecule has 1 aliphatic heterocycles. The third-order valence-corrected chi connectivity index (χ3v) is 8.02. The Morgan fingerprint density at radius 1 is 0.824 bits per heavy atom. The van der Waals surface area contributed by atoms with E-state index in [4.69, 9.17) is 0 Å². The number of piperazine rings is 1. The lowest BCUT2D eigenvalue weighted by Gasteiger charge is -2.34. The van der Waals surface area contributed by atoms with E-state index in [0.717, 1.165) is 29.0 Å². The van der Waals surface area contributed by atoms with E-state index in [9.17, 15) is 21.6 Å². The zero-order chi connectivity index (χ0) is 24.7. The zero-order valence-corrected chi connectivity index (χ0v) is 19.9. The predicted molar refractivity (Wildman–Crippen MR) is 124 cm³/mol.